The fourth-order valence-corrected chi connectivity index (χ4v) is 1.90. The summed E-state index contributed by atoms with van der Waals surface area (Å²) in [4.78, 5) is 0. The van der Waals surface area contributed by atoms with Crippen molar-refractivity contribution in [2.24, 2.45) is 0 Å². The van der Waals surface area contributed by atoms with Gasteiger partial charge in [-0.3, -0.25) is 0 Å². The lowest BCUT2D eigenvalue weighted by Crippen LogP contribution is -1.97. The Labute approximate surface area is 104 Å². The Kier molecular flexibility index (Phi) is 3.70. The first-order valence-electron chi connectivity index (χ1n) is 5.86. The van der Waals surface area contributed by atoms with Crippen LogP contribution in [-0.4, -0.2) is 0 Å². The second-order valence-electron chi connectivity index (χ2n) is 4.16. The molecule has 0 atom stereocenters. The van der Waals surface area contributed by atoms with Gasteiger partial charge in [0.2, 0.25) is 0 Å². The molecule has 3 heteroatoms. The van der Waals surface area contributed by atoms with Gasteiger partial charge in [0.15, 0.2) is 11.6 Å². The number of benzene rings is 2. The third-order valence-electron chi connectivity index (χ3n) is 2.84. The van der Waals surface area contributed by atoms with E-state index in [2.05, 4.69) is 0 Å². The molecule has 18 heavy (non-hydrogen) atoms. The predicted molar refractivity (Wildman–Crippen MR) is 65.7 cm³/mol. The zero-order valence-electron chi connectivity index (χ0n) is 10.0. The maximum Gasteiger partial charge on any atom is 0.166 e. The van der Waals surface area contributed by atoms with Gasteiger partial charge in [-0.05, 0) is 29.7 Å². The average Bonchev–Trinajstić information content (AvgIpc) is 2.37. The van der Waals surface area contributed by atoms with Crippen LogP contribution in [0.4, 0.5) is 13.2 Å². The Hall–Kier alpha value is -1.77. The van der Waals surface area contributed by atoms with Crippen molar-refractivity contribution in [3.8, 4) is 11.1 Å². The zero-order chi connectivity index (χ0) is 13.1. The lowest BCUT2D eigenvalue weighted by molar-refractivity contribution is 0.500. The van der Waals surface area contributed by atoms with Crippen LogP contribution in [0.15, 0.2) is 36.4 Å². The summed E-state index contributed by atoms with van der Waals surface area (Å²) in [7, 11) is 0. The van der Waals surface area contributed by atoms with Crippen molar-refractivity contribution < 1.29 is 13.2 Å². The number of aryl methyl sites for hydroxylation is 1. The third kappa shape index (κ3) is 2.40. The minimum absolute atomic E-state index is 0.160. The van der Waals surface area contributed by atoms with Gasteiger partial charge < -0.3 is 0 Å². The largest absolute Gasteiger partial charge is 0.207 e. The first-order chi connectivity index (χ1) is 8.63. The molecule has 0 N–H and O–H groups in total. The highest BCUT2D eigenvalue weighted by molar-refractivity contribution is 5.64. The maximum absolute atomic E-state index is 13.9. The van der Waals surface area contributed by atoms with Crippen molar-refractivity contribution in [2.75, 3.05) is 0 Å². The summed E-state index contributed by atoms with van der Waals surface area (Å²) in [6, 6.07) is 8.45. The second-order valence-corrected chi connectivity index (χ2v) is 4.16. The Morgan fingerprint density at radius 1 is 0.833 bits per heavy atom. The molecule has 0 saturated carbocycles. The highest BCUT2D eigenvalue weighted by atomic mass is 19.2. The molecule has 0 bridgehead atoms. The lowest BCUT2D eigenvalue weighted by atomic mass is 10.0. The molecule has 0 aliphatic heterocycles. The van der Waals surface area contributed by atoms with Crippen LogP contribution < -0.4 is 0 Å². The van der Waals surface area contributed by atoms with E-state index in [9.17, 15) is 13.2 Å². The van der Waals surface area contributed by atoms with Crippen molar-refractivity contribution >= 4 is 0 Å². The molecule has 0 heterocycles. The molecular weight excluding hydrogens is 237 g/mol. The van der Waals surface area contributed by atoms with E-state index in [-0.39, 0.29) is 5.56 Å². The number of hydrogen-bond acceptors (Lipinski definition) is 0. The second kappa shape index (κ2) is 5.25. The first kappa shape index (κ1) is 12.7. The molecule has 0 aromatic heterocycles. The molecule has 0 nitrogen and oxygen atoms in total. The molecule has 0 spiro atoms. The predicted octanol–water partition coefficient (Wildman–Crippen LogP) is 4.72. The standard InChI is InChI=1S/C15H13F3/c1-2-3-11-6-9-13(15(18)14(11)17)10-4-7-12(16)8-5-10/h4-9H,2-3H2,1H3. The summed E-state index contributed by atoms with van der Waals surface area (Å²) in [6.07, 6.45) is 1.26. The van der Waals surface area contributed by atoms with E-state index in [0.29, 0.717) is 17.5 Å². The van der Waals surface area contributed by atoms with E-state index in [1.807, 2.05) is 6.92 Å². The van der Waals surface area contributed by atoms with Gasteiger partial charge in [-0.25, -0.2) is 13.2 Å². The number of hydrogen-bond donors (Lipinski definition) is 0. The maximum atomic E-state index is 13.9. The van der Waals surface area contributed by atoms with Crippen molar-refractivity contribution in [1.29, 1.82) is 0 Å². The third-order valence-corrected chi connectivity index (χ3v) is 2.84. The fraction of sp³-hybridized carbons (Fsp3) is 0.200. The van der Waals surface area contributed by atoms with Gasteiger partial charge in [0.1, 0.15) is 5.82 Å². The summed E-state index contributed by atoms with van der Waals surface area (Å²) in [5, 5.41) is 0. The molecule has 0 unspecified atom stereocenters. The van der Waals surface area contributed by atoms with E-state index >= 15 is 0 Å². The van der Waals surface area contributed by atoms with Crippen molar-refractivity contribution in [2.45, 2.75) is 19.8 Å². The Balaban J connectivity index is 2.46. The molecule has 2 rings (SSSR count). The van der Waals surface area contributed by atoms with Crippen LogP contribution in [0.5, 0.6) is 0 Å². The Morgan fingerprint density at radius 3 is 2.11 bits per heavy atom. The summed E-state index contributed by atoms with van der Waals surface area (Å²) < 4.78 is 40.4. The van der Waals surface area contributed by atoms with Crippen LogP contribution in [0, 0.1) is 17.5 Å². The number of rotatable bonds is 3. The lowest BCUT2D eigenvalue weighted by Gasteiger charge is -2.08. The fourth-order valence-electron chi connectivity index (χ4n) is 1.90. The minimum atomic E-state index is -0.868. The quantitative estimate of drug-likeness (QED) is 0.739. The van der Waals surface area contributed by atoms with Gasteiger partial charge in [-0.2, -0.15) is 0 Å². The van der Waals surface area contributed by atoms with Crippen molar-refractivity contribution in [1.82, 2.24) is 0 Å². The van der Waals surface area contributed by atoms with E-state index < -0.39 is 17.5 Å². The molecule has 2 aromatic carbocycles. The smallest absolute Gasteiger partial charge is 0.166 e. The highest BCUT2D eigenvalue weighted by Crippen LogP contribution is 2.27. The van der Waals surface area contributed by atoms with Gasteiger partial charge in [0.05, 0.1) is 0 Å². The highest BCUT2D eigenvalue weighted by Gasteiger charge is 2.14. The van der Waals surface area contributed by atoms with E-state index in [1.165, 1.54) is 30.3 Å². The Morgan fingerprint density at radius 2 is 1.50 bits per heavy atom. The zero-order valence-corrected chi connectivity index (χ0v) is 10.0. The van der Waals surface area contributed by atoms with Crippen LogP contribution in [-0.2, 0) is 6.42 Å². The van der Waals surface area contributed by atoms with Crippen molar-refractivity contribution in [3.63, 3.8) is 0 Å². The molecule has 2 aromatic rings. The van der Waals surface area contributed by atoms with Gasteiger partial charge in [-0.15, -0.1) is 0 Å². The van der Waals surface area contributed by atoms with Crippen LogP contribution in [0.25, 0.3) is 11.1 Å². The summed E-state index contributed by atoms with van der Waals surface area (Å²) >= 11 is 0. The van der Waals surface area contributed by atoms with E-state index in [1.54, 1.807) is 6.07 Å². The molecule has 0 aliphatic carbocycles. The van der Waals surface area contributed by atoms with Crippen molar-refractivity contribution in [3.05, 3.63) is 59.4 Å². The van der Waals surface area contributed by atoms with Crippen LogP contribution in [0.2, 0.25) is 0 Å². The molecule has 0 aliphatic rings. The molecule has 0 radical (unpaired) electrons. The minimum Gasteiger partial charge on any atom is -0.207 e. The van der Waals surface area contributed by atoms with Gasteiger partial charge >= 0.3 is 0 Å². The molecule has 94 valence electrons. The number of halogens is 3. The molecular formula is C15H13F3. The normalized spacial score (nSPS) is 10.7. The average molecular weight is 250 g/mol. The van der Waals surface area contributed by atoms with E-state index in [0.717, 1.165) is 6.42 Å². The first-order valence-corrected chi connectivity index (χ1v) is 5.86. The van der Waals surface area contributed by atoms with Crippen LogP contribution in [0.1, 0.15) is 18.9 Å². The summed E-state index contributed by atoms with van der Waals surface area (Å²) in [5.74, 6) is -2.08. The van der Waals surface area contributed by atoms with Gasteiger partial charge in [0.25, 0.3) is 0 Å². The van der Waals surface area contributed by atoms with Gasteiger partial charge in [-0.1, -0.05) is 37.6 Å². The SMILES string of the molecule is CCCc1ccc(-c2ccc(F)cc2)c(F)c1F. The van der Waals surface area contributed by atoms with Gasteiger partial charge in [0, 0.05) is 5.56 Å². The molecule has 0 amide bonds. The van der Waals surface area contributed by atoms with Crippen LogP contribution >= 0.6 is 0 Å². The topological polar surface area (TPSA) is 0 Å². The monoisotopic (exact) mass is 250 g/mol. The molecule has 0 saturated heterocycles. The molecule has 0 fully saturated rings. The van der Waals surface area contributed by atoms with Crippen LogP contribution in [0.3, 0.4) is 0 Å². The summed E-state index contributed by atoms with van der Waals surface area (Å²) in [5.41, 5.74) is 1.00. The Bertz CT molecular complexity index is 544. The summed E-state index contributed by atoms with van der Waals surface area (Å²) in [6.45, 7) is 1.91. The van der Waals surface area contributed by atoms with E-state index in [4.69, 9.17) is 0 Å².